The molecule has 0 radical (unpaired) electrons. The fourth-order valence-electron chi connectivity index (χ4n) is 2.42. The minimum absolute atomic E-state index is 0.0201. The lowest BCUT2D eigenvalue weighted by molar-refractivity contribution is -0.142. The molecule has 2 aromatic carbocycles. The van der Waals surface area contributed by atoms with Gasteiger partial charge in [0.05, 0.1) is 18.2 Å². The second kappa shape index (κ2) is 8.75. The highest BCUT2D eigenvalue weighted by atomic mass is 79.9. The number of methoxy groups -OCH3 is 1. The van der Waals surface area contributed by atoms with Gasteiger partial charge in [-0.05, 0) is 35.9 Å². The van der Waals surface area contributed by atoms with Crippen LogP contribution in [0, 0.1) is 0 Å². The zero-order chi connectivity index (χ0) is 20.2. The van der Waals surface area contributed by atoms with Crippen LogP contribution < -0.4 is 5.32 Å². The van der Waals surface area contributed by atoms with Gasteiger partial charge in [-0.25, -0.2) is 4.79 Å². The van der Waals surface area contributed by atoms with E-state index in [0.717, 1.165) is 19.2 Å². The van der Waals surface area contributed by atoms with Crippen molar-refractivity contribution in [2.45, 2.75) is 18.6 Å². The van der Waals surface area contributed by atoms with Gasteiger partial charge in [-0.15, -0.1) is 0 Å². The van der Waals surface area contributed by atoms with Crippen LogP contribution in [0.1, 0.15) is 21.5 Å². The van der Waals surface area contributed by atoms with Crippen molar-refractivity contribution in [2.24, 2.45) is 0 Å². The molecule has 0 aliphatic carbocycles. The molecule has 1 atom stereocenters. The van der Waals surface area contributed by atoms with Crippen molar-refractivity contribution in [2.75, 3.05) is 7.11 Å². The van der Waals surface area contributed by atoms with Crippen molar-refractivity contribution in [3.63, 3.8) is 0 Å². The van der Waals surface area contributed by atoms with E-state index in [4.69, 9.17) is 11.6 Å². The number of benzene rings is 2. The minimum Gasteiger partial charge on any atom is -0.467 e. The SMILES string of the molecule is COC(=O)[C@H](Cc1cc(Cl)ccc1Br)NC(=O)c1ccccc1C(F)(F)F. The summed E-state index contributed by atoms with van der Waals surface area (Å²) in [7, 11) is 1.12. The Morgan fingerprint density at radius 3 is 2.52 bits per heavy atom. The van der Waals surface area contributed by atoms with Crippen LogP contribution in [-0.2, 0) is 22.1 Å². The Hall–Kier alpha value is -2.06. The van der Waals surface area contributed by atoms with E-state index in [2.05, 4.69) is 26.0 Å². The van der Waals surface area contributed by atoms with Crippen LogP contribution in [0.25, 0.3) is 0 Å². The Morgan fingerprint density at radius 2 is 1.89 bits per heavy atom. The molecular weight excluding hydrogens is 451 g/mol. The maximum Gasteiger partial charge on any atom is 0.417 e. The monoisotopic (exact) mass is 463 g/mol. The lowest BCUT2D eigenvalue weighted by Gasteiger charge is -2.19. The molecule has 144 valence electrons. The van der Waals surface area contributed by atoms with Crippen LogP contribution in [0.15, 0.2) is 46.9 Å². The highest BCUT2D eigenvalue weighted by molar-refractivity contribution is 9.10. The first-order valence-electron chi connectivity index (χ1n) is 7.62. The van der Waals surface area contributed by atoms with Crippen molar-refractivity contribution in [1.29, 1.82) is 0 Å². The summed E-state index contributed by atoms with van der Waals surface area (Å²) < 4.78 is 44.7. The van der Waals surface area contributed by atoms with E-state index in [0.29, 0.717) is 15.1 Å². The number of amides is 1. The number of carbonyl (C=O) groups is 2. The van der Waals surface area contributed by atoms with E-state index in [9.17, 15) is 22.8 Å². The van der Waals surface area contributed by atoms with Crippen molar-refractivity contribution in [3.8, 4) is 0 Å². The molecule has 4 nitrogen and oxygen atoms in total. The zero-order valence-corrected chi connectivity index (χ0v) is 16.3. The molecule has 0 bridgehead atoms. The van der Waals surface area contributed by atoms with Crippen molar-refractivity contribution >= 4 is 39.4 Å². The highest BCUT2D eigenvalue weighted by Crippen LogP contribution is 2.32. The number of hydrogen-bond donors (Lipinski definition) is 1. The van der Waals surface area contributed by atoms with Gasteiger partial charge in [0, 0.05) is 15.9 Å². The van der Waals surface area contributed by atoms with E-state index in [1.54, 1.807) is 18.2 Å². The van der Waals surface area contributed by atoms with E-state index < -0.39 is 35.2 Å². The molecule has 0 aromatic heterocycles. The van der Waals surface area contributed by atoms with Crippen LogP contribution in [0.3, 0.4) is 0 Å². The first-order chi connectivity index (χ1) is 12.6. The van der Waals surface area contributed by atoms with Gasteiger partial charge >= 0.3 is 12.1 Å². The number of rotatable bonds is 5. The molecule has 0 fully saturated rings. The summed E-state index contributed by atoms with van der Waals surface area (Å²) in [5.74, 6) is -1.82. The standard InChI is InChI=1S/C18H14BrClF3NO3/c1-27-17(26)15(9-10-8-11(20)6-7-14(10)19)24-16(25)12-4-2-3-5-13(12)18(21,22)23/h2-8,15H,9H2,1H3,(H,24,25)/t15-/m0/s1. The molecule has 0 saturated heterocycles. The first-order valence-corrected chi connectivity index (χ1v) is 8.79. The topological polar surface area (TPSA) is 55.4 Å². The Bertz CT molecular complexity index is 858. The van der Waals surface area contributed by atoms with E-state index >= 15 is 0 Å². The molecule has 27 heavy (non-hydrogen) atoms. The fourth-order valence-corrected chi connectivity index (χ4v) is 3.02. The van der Waals surface area contributed by atoms with Gasteiger partial charge in [-0.1, -0.05) is 39.7 Å². The largest absolute Gasteiger partial charge is 0.467 e. The van der Waals surface area contributed by atoms with Gasteiger partial charge in [0.25, 0.3) is 5.91 Å². The zero-order valence-electron chi connectivity index (χ0n) is 13.9. The number of esters is 1. The number of carbonyl (C=O) groups excluding carboxylic acids is 2. The summed E-state index contributed by atoms with van der Waals surface area (Å²) in [5.41, 5.74) is -1.08. The molecule has 0 aliphatic heterocycles. The van der Waals surface area contributed by atoms with E-state index in [-0.39, 0.29) is 6.42 Å². The molecule has 1 N–H and O–H groups in total. The van der Waals surface area contributed by atoms with Crippen molar-refractivity contribution in [3.05, 3.63) is 68.7 Å². The molecule has 2 rings (SSSR count). The molecular formula is C18H14BrClF3NO3. The summed E-state index contributed by atoms with van der Waals surface area (Å²) in [4.78, 5) is 24.5. The van der Waals surface area contributed by atoms with Crippen LogP contribution in [0.5, 0.6) is 0 Å². The summed E-state index contributed by atoms with van der Waals surface area (Å²) in [6, 6.07) is 8.01. The molecule has 2 aromatic rings. The highest BCUT2D eigenvalue weighted by Gasteiger charge is 2.35. The van der Waals surface area contributed by atoms with Gasteiger partial charge in [0.1, 0.15) is 6.04 Å². The average Bonchev–Trinajstić information content (AvgIpc) is 2.62. The van der Waals surface area contributed by atoms with Gasteiger partial charge in [0.15, 0.2) is 0 Å². The molecule has 0 saturated carbocycles. The lowest BCUT2D eigenvalue weighted by Crippen LogP contribution is -2.43. The molecule has 0 heterocycles. The van der Waals surface area contributed by atoms with Gasteiger partial charge in [-0.3, -0.25) is 4.79 Å². The third-order valence-corrected chi connectivity index (χ3v) is 4.71. The number of alkyl halides is 3. The maximum absolute atomic E-state index is 13.1. The molecule has 1 amide bonds. The Kier molecular flexibility index (Phi) is 6.89. The number of hydrogen-bond acceptors (Lipinski definition) is 3. The van der Waals surface area contributed by atoms with Gasteiger partial charge < -0.3 is 10.1 Å². The predicted octanol–water partition coefficient (Wildman–Crippen LogP) is 4.64. The smallest absolute Gasteiger partial charge is 0.417 e. The van der Waals surface area contributed by atoms with E-state index in [1.807, 2.05) is 0 Å². The van der Waals surface area contributed by atoms with Crippen LogP contribution in [0.2, 0.25) is 5.02 Å². The molecule has 9 heteroatoms. The summed E-state index contributed by atoms with van der Waals surface area (Å²) >= 11 is 9.24. The lowest BCUT2D eigenvalue weighted by atomic mass is 10.0. The minimum atomic E-state index is -4.70. The number of ether oxygens (including phenoxy) is 1. The summed E-state index contributed by atoms with van der Waals surface area (Å²) in [5, 5.41) is 2.72. The third-order valence-electron chi connectivity index (χ3n) is 3.70. The first kappa shape index (κ1) is 21.2. The quantitative estimate of drug-likeness (QED) is 0.656. The Labute approximate surface area is 166 Å². The van der Waals surface area contributed by atoms with Crippen LogP contribution >= 0.6 is 27.5 Å². The van der Waals surface area contributed by atoms with Crippen LogP contribution in [0.4, 0.5) is 13.2 Å². The summed E-state index contributed by atoms with van der Waals surface area (Å²) in [6.07, 6.45) is -4.72. The van der Waals surface area contributed by atoms with Crippen molar-refractivity contribution < 1.29 is 27.5 Å². The molecule has 0 unspecified atom stereocenters. The Balaban J connectivity index is 2.31. The molecule has 0 spiro atoms. The van der Waals surface area contributed by atoms with Crippen molar-refractivity contribution in [1.82, 2.24) is 5.32 Å². The fraction of sp³-hybridized carbons (Fsp3) is 0.222. The second-order valence-corrected chi connectivity index (χ2v) is 6.82. The maximum atomic E-state index is 13.1. The predicted molar refractivity (Wildman–Crippen MR) is 97.6 cm³/mol. The second-order valence-electron chi connectivity index (χ2n) is 5.53. The molecule has 0 aliphatic rings. The van der Waals surface area contributed by atoms with Crippen LogP contribution in [-0.4, -0.2) is 25.0 Å². The third kappa shape index (κ3) is 5.46. The van der Waals surface area contributed by atoms with Gasteiger partial charge in [-0.2, -0.15) is 13.2 Å². The van der Waals surface area contributed by atoms with E-state index in [1.165, 1.54) is 12.1 Å². The Morgan fingerprint density at radius 1 is 1.22 bits per heavy atom. The summed E-state index contributed by atoms with van der Waals surface area (Å²) in [6.45, 7) is 0. The van der Waals surface area contributed by atoms with Gasteiger partial charge in [0.2, 0.25) is 0 Å². The normalized spacial score (nSPS) is 12.4. The number of halogens is 5. The number of nitrogens with one attached hydrogen (secondary N) is 1. The average molecular weight is 465 g/mol.